The van der Waals surface area contributed by atoms with E-state index >= 15 is 0 Å². The number of carbonyl (C=O) groups excluding carboxylic acids is 3. The molecule has 20 heavy (non-hydrogen) atoms. The van der Waals surface area contributed by atoms with E-state index in [-0.39, 0.29) is 28.4 Å². The lowest BCUT2D eigenvalue weighted by atomic mass is 9.99. The molecule has 1 rings (SSSR count). The molecule has 0 atom stereocenters. The van der Waals surface area contributed by atoms with Crippen LogP contribution in [0.2, 0.25) is 0 Å². The van der Waals surface area contributed by atoms with Crippen molar-refractivity contribution in [3.05, 3.63) is 16.7 Å². The van der Waals surface area contributed by atoms with E-state index in [1.54, 1.807) is 0 Å². The quantitative estimate of drug-likeness (QED) is 0.518. The van der Waals surface area contributed by atoms with Gasteiger partial charge in [0.1, 0.15) is 17.1 Å². The highest BCUT2D eigenvalue weighted by Gasteiger charge is 2.26. The molecular formula is C14H16O6. The van der Waals surface area contributed by atoms with Gasteiger partial charge in [0.15, 0.2) is 11.5 Å². The Hall–Kier alpha value is -2.37. The first-order valence-corrected chi connectivity index (χ1v) is 5.90. The van der Waals surface area contributed by atoms with Crippen molar-refractivity contribution in [3.8, 4) is 17.2 Å². The molecule has 1 N–H and O–H groups in total. The molecule has 0 fully saturated rings. The minimum absolute atomic E-state index is 0.0799. The van der Waals surface area contributed by atoms with E-state index in [0.717, 1.165) is 0 Å². The van der Waals surface area contributed by atoms with E-state index in [4.69, 9.17) is 9.47 Å². The summed E-state index contributed by atoms with van der Waals surface area (Å²) in [4.78, 5) is 33.9. The first kappa shape index (κ1) is 15.7. The van der Waals surface area contributed by atoms with Crippen LogP contribution in [0, 0.1) is 13.8 Å². The number of phenolic OH excluding ortho intramolecular Hbond substituents is 1. The lowest BCUT2D eigenvalue weighted by molar-refractivity contribution is -0.132. The number of aromatic hydroxyl groups is 1. The fourth-order valence-corrected chi connectivity index (χ4v) is 1.87. The van der Waals surface area contributed by atoms with E-state index in [1.165, 1.54) is 34.6 Å². The number of carbonyl (C=O) groups is 3. The highest BCUT2D eigenvalue weighted by molar-refractivity contribution is 6.01. The van der Waals surface area contributed by atoms with Gasteiger partial charge in [0.25, 0.3) is 0 Å². The highest BCUT2D eigenvalue weighted by Crippen LogP contribution is 2.42. The third-order valence-corrected chi connectivity index (χ3v) is 2.68. The topological polar surface area (TPSA) is 89.9 Å². The molecule has 0 aliphatic carbocycles. The summed E-state index contributed by atoms with van der Waals surface area (Å²) in [6.45, 7) is 6.67. The van der Waals surface area contributed by atoms with Gasteiger partial charge in [0.05, 0.1) is 0 Å². The summed E-state index contributed by atoms with van der Waals surface area (Å²) in [5.41, 5.74) is 0.431. The Morgan fingerprint density at radius 3 is 1.70 bits per heavy atom. The number of phenols is 1. The number of Topliss-reactive ketones (excluding diaryl/α,β-unsaturated/α-hetero) is 1. The fourth-order valence-electron chi connectivity index (χ4n) is 1.87. The molecule has 108 valence electrons. The maximum atomic E-state index is 11.6. The summed E-state index contributed by atoms with van der Waals surface area (Å²) < 4.78 is 10.00. The average Bonchev–Trinajstić information content (AvgIpc) is 2.30. The zero-order valence-electron chi connectivity index (χ0n) is 12.0. The fraction of sp³-hybridized carbons (Fsp3) is 0.357. The first-order valence-electron chi connectivity index (χ1n) is 5.90. The molecule has 0 aliphatic rings. The molecule has 0 aliphatic heterocycles. The van der Waals surface area contributed by atoms with Gasteiger partial charge in [-0.2, -0.15) is 0 Å². The molecule has 0 aromatic heterocycles. The summed E-state index contributed by atoms with van der Waals surface area (Å²) in [6, 6.07) is 0. The largest absolute Gasteiger partial charge is 0.507 e. The predicted molar refractivity (Wildman–Crippen MR) is 70.2 cm³/mol. The van der Waals surface area contributed by atoms with Crippen molar-refractivity contribution in [2.75, 3.05) is 0 Å². The van der Waals surface area contributed by atoms with Gasteiger partial charge in [-0.25, -0.2) is 0 Å². The van der Waals surface area contributed by atoms with Crippen molar-refractivity contribution in [2.24, 2.45) is 0 Å². The van der Waals surface area contributed by atoms with Gasteiger partial charge in [0.2, 0.25) is 0 Å². The first-order chi connectivity index (χ1) is 9.16. The third kappa shape index (κ3) is 2.96. The molecule has 1 aromatic carbocycles. The zero-order valence-corrected chi connectivity index (χ0v) is 12.0. The molecule has 0 saturated carbocycles. The molecule has 0 spiro atoms. The summed E-state index contributed by atoms with van der Waals surface area (Å²) in [6.07, 6.45) is 0. The van der Waals surface area contributed by atoms with Gasteiger partial charge >= 0.3 is 11.9 Å². The van der Waals surface area contributed by atoms with E-state index in [2.05, 4.69) is 0 Å². The van der Waals surface area contributed by atoms with Crippen molar-refractivity contribution in [3.63, 3.8) is 0 Å². The molecule has 6 nitrogen and oxygen atoms in total. The number of benzene rings is 1. The lowest BCUT2D eigenvalue weighted by Crippen LogP contribution is -2.12. The number of ketones is 1. The Balaban J connectivity index is 3.68. The second kappa shape index (κ2) is 5.73. The average molecular weight is 280 g/mol. The third-order valence-electron chi connectivity index (χ3n) is 2.68. The SMILES string of the molecule is CC(=O)Oc1c(C)c(O)c(C(C)=O)c(OC(C)=O)c1C. The molecule has 0 amide bonds. The van der Waals surface area contributed by atoms with E-state index < -0.39 is 17.7 Å². The van der Waals surface area contributed by atoms with E-state index in [9.17, 15) is 19.5 Å². The van der Waals surface area contributed by atoms with Crippen LogP contribution in [-0.4, -0.2) is 22.8 Å². The molecule has 0 heterocycles. The Bertz CT molecular complexity index is 600. The van der Waals surface area contributed by atoms with Crippen LogP contribution >= 0.6 is 0 Å². The van der Waals surface area contributed by atoms with E-state index in [1.807, 2.05) is 0 Å². The van der Waals surface area contributed by atoms with Crippen molar-refractivity contribution in [2.45, 2.75) is 34.6 Å². The van der Waals surface area contributed by atoms with Gasteiger partial charge in [-0.3, -0.25) is 14.4 Å². The molecule has 6 heteroatoms. The van der Waals surface area contributed by atoms with Crippen LogP contribution in [0.5, 0.6) is 17.2 Å². The van der Waals surface area contributed by atoms with Gasteiger partial charge < -0.3 is 14.6 Å². The van der Waals surface area contributed by atoms with Crippen LogP contribution < -0.4 is 9.47 Å². The van der Waals surface area contributed by atoms with Crippen molar-refractivity contribution in [1.82, 2.24) is 0 Å². The molecule has 1 aromatic rings. The van der Waals surface area contributed by atoms with Gasteiger partial charge in [-0.15, -0.1) is 0 Å². The monoisotopic (exact) mass is 280 g/mol. The minimum atomic E-state index is -0.646. The van der Waals surface area contributed by atoms with Crippen molar-refractivity contribution < 1.29 is 29.0 Å². The molecular weight excluding hydrogens is 264 g/mol. The van der Waals surface area contributed by atoms with E-state index in [0.29, 0.717) is 5.56 Å². The molecule has 0 unspecified atom stereocenters. The lowest BCUT2D eigenvalue weighted by Gasteiger charge is -2.18. The minimum Gasteiger partial charge on any atom is -0.507 e. The predicted octanol–water partition coefficient (Wildman–Crippen LogP) is 2.06. The van der Waals surface area contributed by atoms with Crippen LogP contribution in [0.3, 0.4) is 0 Å². The van der Waals surface area contributed by atoms with Crippen LogP contribution in [-0.2, 0) is 9.59 Å². The summed E-state index contributed by atoms with van der Waals surface area (Å²) in [5, 5.41) is 10.1. The van der Waals surface area contributed by atoms with Crippen LogP contribution in [0.4, 0.5) is 0 Å². The number of rotatable bonds is 3. The normalized spacial score (nSPS) is 10.1. The Labute approximate surface area is 116 Å². The molecule has 0 saturated heterocycles. The number of hydrogen-bond donors (Lipinski definition) is 1. The Kier molecular flexibility index (Phi) is 4.49. The second-order valence-electron chi connectivity index (χ2n) is 4.38. The Morgan fingerprint density at radius 1 is 0.850 bits per heavy atom. The number of hydrogen-bond acceptors (Lipinski definition) is 6. The van der Waals surface area contributed by atoms with Gasteiger partial charge in [0, 0.05) is 25.0 Å². The van der Waals surface area contributed by atoms with Gasteiger partial charge in [-0.1, -0.05) is 0 Å². The summed E-state index contributed by atoms with van der Waals surface area (Å²) in [5.74, 6) is -2.07. The number of esters is 2. The summed E-state index contributed by atoms with van der Waals surface area (Å²) in [7, 11) is 0. The van der Waals surface area contributed by atoms with Crippen molar-refractivity contribution in [1.29, 1.82) is 0 Å². The Morgan fingerprint density at radius 2 is 1.30 bits per heavy atom. The maximum absolute atomic E-state index is 11.6. The van der Waals surface area contributed by atoms with Crippen LogP contribution in [0.25, 0.3) is 0 Å². The summed E-state index contributed by atoms with van der Waals surface area (Å²) >= 11 is 0. The van der Waals surface area contributed by atoms with Crippen LogP contribution in [0.1, 0.15) is 42.3 Å². The zero-order chi connectivity index (χ0) is 15.6. The second-order valence-corrected chi connectivity index (χ2v) is 4.38. The standard InChI is InChI=1S/C14H16O6/c1-6-12(18)11(8(3)15)14(20-10(5)17)7(2)13(6)19-9(4)16/h18H,1-5H3. The van der Waals surface area contributed by atoms with Gasteiger partial charge in [-0.05, 0) is 20.8 Å². The number of ether oxygens (including phenoxy) is 2. The molecule has 0 radical (unpaired) electrons. The smallest absolute Gasteiger partial charge is 0.308 e. The van der Waals surface area contributed by atoms with Crippen LogP contribution in [0.15, 0.2) is 0 Å². The highest BCUT2D eigenvalue weighted by atomic mass is 16.5. The van der Waals surface area contributed by atoms with Crippen molar-refractivity contribution >= 4 is 17.7 Å². The maximum Gasteiger partial charge on any atom is 0.308 e. The molecule has 0 bridgehead atoms.